The maximum atomic E-state index is 4.04. The van der Waals surface area contributed by atoms with Crippen molar-refractivity contribution < 1.29 is 0 Å². The third kappa shape index (κ3) is 2.94. The first-order valence-corrected chi connectivity index (χ1v) is 7.49. The Morgan fingerprint density at radius 2 is 2.30 bits per heavy atom. The first-order valence-electron chi connectivity index (χ1n) is 6.69. The predicted octanol–water partition coefficient (Wildman–Crippen LogP) is 3.48. The van der Waals surface area contributed by atoms with E-state index in [0.29, 0.717) is 6.04 Å². The lowest BCUT2D eigenvalue weighted by Gasteiger charge is -2.12. The first-order chi connectivity index (χ1) is 9.72. The summed E-state index contributed by atoms with van der Waals surface area (Å²) in [5, 5.41) is 4.76. The van der Waals surface area contributed by atoms with E-state index in [0.717, 1.165) is 17.6 Å². The second kappa shape index (κ2) is 5.81. The molecule has 0 bridgehead atoms. The van der Waals surface area contributed by atoms with Crippen LogP contribution in [0.3, 0.4) is 0 Å². The lowest BCUT2D eigenvalue weighted by atomic mass is 10.2. The molecule has 3 rings (SSSR count). The number of benzene rings is 1. The number of hydrogen-bond donors (Lipinski definition) is 2. The van der Waals surface area contributed by atoms with Crippen molar-refractivity contribution in [2.24, 2.45) is 0 Å². The minimum atomic E-state index is 0.296. The molecular weight excluding hydrogens is 316 g/mol. The van der Waals surface area contributed by atoms with Gasteiger partial charge in [0.25, 0.3) is 0 Å². The van der Waals surface area contributed by atoms with Gasteiger partial charge in [0, 0.05) is 52.6 Å². The summed E-state index contributed by atoms with van der Waals surface area (Å²) in [7, 11) is 0. The lowest BCUT2D eigenvalue weighted by molar-refractivity contribution is 0.525. The van der Waals surface area contributed by atoms with Crippen LogP contribution in [-0.2, 0) is 6.54 Å². The van der Waals surface area contributed by atoms with Crippen LogP contribution in [0, 0.1) is 0 Å². The summed E-state index contributed by atoms with van der Waals surface area (Å²) in [6, 6.07) is 8.79. The number of hydrogen-bond acceptors (Lipinski definition) is 2. The van der Waals surface area contributed by atoms with Crippen LogP contribution in [0.2, 0.25) is 0 Å². The van der Waals surface area contributed by atoms with Gasteiger partial charge in [-0.3, -0.25) is 0 Å². The smallest absolute Gasteiger partial charge is 0.0946 e. The van der Waals surface area contributed by atoms with Crippen molar-refractivity contribution in [2.45, 2.75) is 19.5 Å². The molecule has 0 saturated heterocycles. The number of imidazole rings is 1. The molecule has 0 amide bonds. The Labute approximate surface area is 126 Å². The van der Waals surface area contributed by atoms with Gasteiger partial charge in [0.15, 0.2) is 0 Å². The van der Waals surface area contributed by atoms with E-state index in [1.807, 2.05) is 12.5 Å². The van der Waals surface area contributed by atoms with Crippen LogP contribution in [0.5, 0.6) is 0 Å². The number of halogens is 1. The molecule has 104 valence electrons. The van der Waals surface area contributed by atoms with Crippen molar-refractivity contribution >= 4 is 26.8 Å². The number of rotatable bonds is 5. The zero-order chi connectivity index (χ0) is 13.9. The van der Waals surface area contributed by atoms with Gasteiger partial charge in [0.1, 0.15) is 0 Å². The van der Waals surface area contributed by atoms with Crippen LogP contribution >= 0.6 is 15.9 Å². The molecule has 4 nitrogen and oxygen atoms in total. The average Bonchev–Trinajstić information content (AvgIpc) is 3.06. The Bertz CT molecular complexity index is 687. The molecule has 20 heavy (non-hydrogen) atoms. The zero-order valence-electron chi connectivity index (χ0n) is 11.3. The highest BCUT2D eigenvalue weighted by Crippen LogP contribution is 2.23. The number of aromatic nitrogens is 3. The molecule has 0 radical (unpaired) electrons. The molecule has 0 unspecified atom stereocenters. The van der Waals surface area contributed by atoms with E-state index >= 15 is 0 Å². The number of aromatic amines is 1. The zero-order valence-corrected chi connectivity index (χ0v) is 12.9. The van der Waals surface area contributed by atoms with Crippen molar-refractivity contribution in [3.05, 3.63) is 53.2 Å². The van der Waals surface area contributed by atoms with Crippen molar-refractivity contribution in [3.8, 4) is 0 Å². The third-order valence-electron chi connectivity index (χ3n) is 3.45. The summed E-state index contributed by atoms with van der Waals surface area (Å²) < 4.78 is 3.18. The SMILES string of the molecule is C[C@H](NCCn1ccnc1)c1cc2cc(Br)ccc2[nH]1. The van der Waals surface area contributed by atoms with Crippen LogP contribution < -0.4 is 5.32 Å². The van der Waals surface area contributed by atoms with Gasteiger partial charge >= 0.3 is 0 Å². The lowest BCUT2D eigenvalue weighted by Crippen LogP contribution is -2.23. The summed E-state index contributed by atoms with van der Waals surface area (Å²) in [6.45, 7) is 4.01. The highest BCUT2D eigenvalue weighted by molar-refractivity contribution is 9.10. The molecule has 0 aliphatic heterocycles. The summed E-state index contributed by atoms with van der Waals surface area (Å²) in [6.07, 6.45) is 5.62. The molecule has 0 aliphatic carbocycles. The van der Waals surface area contributed by atoms with Crippen LogP contribution in [0.1, 0.15) is 18.7 Å². The Kier molecular flexibility index (Phi) is 3.89. The molecule has 2 aromatic heterocycles. The molecule has 1 aromatic carbocycles. The molecular formula is C15H17BrN4. The Hall–Kier alpha value is -1.59. The van der Waals surface area contributed by atoms with E-state index in [9.17, 15) is 0 Å². The van der Waals surface area contributed by atoms with Gasteiger partial charge in [0.05, 0.1) is 6.33 Å². The van der Waals surface area contributed by atoms with E-state index in [-0.39, 0.29) is 0 Å². The molecule has 0 saturated carbocycles. The first kappa shape index (κ1) is 13.4. The van der Waals surface area contributed by atoms with Gasteiger partial charge in [-0.25, -0.2) is 4.98 Å². The summed E-state index contributed by atoms with van der Waals surface area (Å²) in [4.78, 5) is 7.50. The highest BCUT2D eigenvalue weighted by atomic mass is 79.9. The second-order valence-corrected chi connectivity index (χ2v) is 5.85. The van der Waals surface area contributed by atoms with Gasteiger partial charge < -0.3 is 14.9 Å². The molecule has 0 spiro atoms. The maximum absolute atomic E-state index is 4.04. The third-order valence-corrected chi connectivity index (χ3v) is 3.94. The monoisotopic (exact) mass is 332 g/mol. The van der Waals surface area contributed by atoms with E-state index in [1.165, 1.54) is 16.6 Å². The van der Waals surface area contributed by atoms with E-state index < -0.39 is 0 Å². The Morgan fingerprint density at radius 3 is 3.10 bits per heavy atom. The molecule has 2 N–H and O–H groups in total. The number of nitrogens with zero attached hydrogens (tertiary/aromatic N) is 2. The number of fused-ring (bicyclic) bond motifs is 1. The van der Waals surface area contributed by atoms with Crippen molar-refractivity contribution in [3.63, 3.8) is 0 Å². The summed E-state index contributed by atoms with van der Waals surface area (Å²) in [5.74, 6) is 0. The minimum absolute atomic E-state index is 0.296. The second-order valence-electron chi connectivity index (χ2n) is 4.93. The molecule has 2 heterocycles. The minimum Gasteiger partial charge on any atom is -0.357 e. The predicted molar refractivity (Wildman–Crippen MR) is 84.6 cm³/mol. The fourth-order valence-corrected chi connectivity index (χ4v) is 2.68. The standard InChI is InChI=1S/C15H17BrN4/c1-11(18-5-7-20-6-4-17-10-20)15-9-12-8-13(16)2-3-14(12)19-15/h2-4,6,8-11,18-19H,5,7H2,1H3/t11-/m0/s1. The van der Waals surface area contributed by atoms with Gasteiger partial charge in [-0.05, 0) is 31.2 Å². The van der Waals surface area contributed by atoms with Crippen molar-refractivity contribution in [1.29, 1.82) is 0 Å². The van der Waals surface area contributed by atoms with Crippen LogP contribution in [0.4, 0.5) is 0 Å². The fraction of sp³-hybridized carbons (Fsp3) is 0.267. The van der Waals surface area contributed by atoms with Gasteiger partial charge in [-0.1, -0.05) is 15.9 Å². The largest absolute Gasteiger partial charge is 0.357 e. The summed E-state index contributed by atoms with van der Waals surface area (Å²) in [5.41, 5.74) is 2.38. The van der Waals surface area contributed by atoms with E-state index in [4.69, 9.17) is 0 Å². The number of H-pyrrole nitrogens is 1. The maximum Gasteiger partial charge on any atom is 0.0946 e. The number of nitrogens with one attached hydrogen (secondary N) is 2. The Morgan fingerprint density at radius 1 is 1.40 bits per heavy atom. The summed E-state index contributed by atoms with van der Waals surface area (Å²) >= 11 is 3.50. The quantitative estimate of drug-likeness (QED) is 0.751. The van der Waals surface area contributed by atoms with Gasteiger partial charge in [-0.15, -0.1) is 0 Å². The molecule has 0 fully saturated rings. The van der Waals surface area contributed by atoms with E-state index in [2.05, 4.69) is 67.0 Å². The van der Waals surface area contributed by atoms with E-state index in [1.54, 1.807) is 6.20 Å². The van der Waals surface area contributed by atoms with Crippen molar-refractivity contribution in [2.75, 3.05) is 6.54 Å². The fourth-order valence-electron chi connectivity index (χ4n) is 2.30. The van der Waals surface area contributed by atoms with Crippen LogP contribution in [0.25, 0.3) is 10.9 Å². The van der Waals surface area contributed by atoms with Crippen LogP contribution in [-0.4, -0.2) is 21.1 Å². The van der Waals surface area contributed by atoms with Crippen molar-refractivity contribution in [1.82, 2.24) is 19.9 Å². The molecule has 5 heteroatoms. The van der Waals surface area contributed by atoms with Gasteiger partial charge in [0.2, 0.25) is 0 Å². The van der Waals surface area contributed by atoms with Gasteiger partial charge in [-0.2, -0.15) is 0 Å². The topological polar surface area (TPSA) is 45.6 Å². The van der Waals surface area contributed by atoms with Crippen LogP contribution in [0.15, 0.2) is 47.5 Å². The highest BCUT2D eigenvalue weighted by Gasteiger charge is 2.08. The Balaban J connectivity index is 1.64. The molecule has 0 aliphatic rings. The molecule has 1 atom stereocenters. The normalized spacial score (nSPS) is 12.9. The average molecular weight is 333 g/mol. The molecule has 3 aromatic rings.